The van der Waals surface area contributed by atoms with Gasteiger partial charge in [-0.05, 0) is 24.7 Å². The molecule has 0 unspecified atom stereocenters. The fourth-order valence-corrected chi connectivity index (χ4v) is 4.44. The highest BCUT2D eigenvalue weighted by Gasteiger charge is 2.08. The fraction of sp³-hybridized carbons (Fsp3) is 0.259. The first-order chi connectivity index (χ1) is 18.1. The third-order valence-corrected chi connectivity index (χ3v) is 6.30. The van der Waals surface area contributed by atoms with E-state index in [-0.39, 0.29) is 0 Å². The van der Waals surface area contributed by atoms with Crippen molar-refractivity contribution in [3.05, 3.63) is 72.3 Å². The van der Waals surface area contributed by atoms with Crippen molar-refractivity contribution in [2.24, 2.45) is 0 Å². The minimum atomic E-state index is -1.26. The van der Waals surface area contributed by atoms with Crippen molar-refractivity contribution in [2.75, 3.05) is 26.2 Å². The van der Waals surface area contributed by atoms with Gasteiger partial charge < -0.3 is 30.6 Å². The van der Waals surface area contributed by atoms with Crippen LogP contribution in [0.4, 0.5) is 0 Å². The predicted octanol–water partition coefficient (Wildman–Crippen LogP) is 3.91. The van der Waals surface area contributed by atoms with Gasteiger partial charge in [0.25, 0.3) is 0 Å². The van der Waals surface area contributed by atoms with Gasteiger partial charge in [0, 0.05) is 64.1 Å². The second-order valence-corrected chi connectivity index (χ2v) is 8.67. The molecular weight excluding hydrogens is 512 g/mol. The molecule has 0 aliphatic carbocycles. The Labute approximate surface area is 224 Å². The summed E-state index contributed by atoms with van der Waals surface area (Å²) in [5.74, 6) is -5.03. The van der Waals surface area contributed by atoms with Crippen LogP contribution in [0.3, 0.4) is 0 Å². The van der Waals surface area contributed by atoms with Gasteiger partial charge in [0.15, 0.2) is 0 Å². The Hall–Kier alpha value is -4.06. The maximum atomic E-state index is 9.55. The molecular formula is C27H32N2O8S. The van der Waals surface area contributed by atoms with E-state index in [0.717, 1.165) is 32.7 Å². The molecule has 10 nitrogen and oxygen atoms in total. The van der Waals surface area contributed by atoms with Crippen LogP contribution in [0.2, 0.25) is 0 Å². The molecule has 0 aliphatic heterocycles. The second kappa shape index (κ2) is 17.4. The molecule has 11 heteroatoms. The van der Waals surface area contributed by atoms with E-state index in [1.54, 1.807) is 0 Å². The molecule has 0 radical (unpaired) electrons. The Morgan fingerprint density at radius 3 is 1.76 bits per heavy atom. The minimum absolute atomic E-state index is 0.558. The van der Waals surface area contributed by atoms with Crippen LogP contribution in [-0.2, 0) is 25.7 Å². The van der Waals surface area contributed by atoms with E-state index >= 15 is 0 Å². The Morgan fingerprint density at radius 1 is 0.763 bits per heavy atom. The molecule has 0 amide bonds. The first-order valence-electron chi connectivity index (χ1n) is 11.7. The van der Waals surface area contributed by atoms with E-state index in [0.29, 0.717) is 24.3 Å². The average molecular weight is 545 g/mol. The van der Waals surface area contributed by atoms with Crippen molar-refractivity contribution in [3.63, 3.8) is 0 Å². The number of nitrogens with zero attached hydrogens (tertiary/aromatic N) is 1. The predicted molar refractivity (Wildman–Crippen MR) is 148 cm³/mol. The van der Waals surface area contributed by atoms with Crippen LogP contribution in [-0.4, -0.2) is 75.4 Å². The molecule has 38 heavy (non-hydrogen) atoms. The number of aliphatic carboxylic acids is 4. The smallest absolute Gasteiger partial charge is 0.328 e. The van der Waals surface area contributed by atoms with E-state index in [4.69, 9.17) is 20.4 Å². The third-order valence-electron chi connectivity index (χ3n) is 5.04. The number of carboxylic acids is 4. The molecule has 1 heterocycles. The summed E-state index contributed by atoms with van der Waals surface area (Å²) < 4.78 is 2.81. The fourth-order valence-electron chi connectivity index (χ4n) is 3.23. The van der Waals surface area contributed by atoms with E-state index in [2.05, 4.69) is 66.5 Å². The SMILES string of the molecule is CCN(CC)CCNCc1cccc2c1sc1ccccc12.O=C(O)/C=C/C(=O)O.O=C(O)/C=C/C(=O)O. The lowest BCUT2D eigenvalue weighted by Gasteiger charge is -2.18. The maximum Gasteiger partial charge on any atom is 0.328 e. The summed E-state index contributed by atoms with van der Waals surface area (Å²) in [6, 6.07) is 15.4. The molecule has 0 bridgehead atoms. The normalized spacial score (nSPS) is 10.8. The zero-order chi connectivity index (χ0) is 28.5. The summed E-state index contributed by atoms with van der Waals surface area (Å²) >= 11 is 1.91. The van der Waals surface area contributed by atoms with Crippen LogP contribution in [0.15, 0.2) is 66.8 Å². The molecule has 2 aromatic carbocycles. The van der Waals surface area contributed by atoms with Crippen LogP contribution in [0.5, 0.6) is 0 Å². The van der Waals surface area contributed by atoms with Gasteiger partial charge in [0.2, 0.25) is 0 Å². The summed E-state index contributed by atoms with van der Waals surface area (Å²) in [6.07, 6.45) is 2.23. The van der Waals surface area contributed by atoms with Crippen LogP contribution >= 0.6 is 11.3 Å². The van der Waals surface area contributed by atoms with Gasteiger partial charge in [-0.2, -0.15) is 0 Å². The maximum absolute atomic E-state index is 9.55. The summed E-state index contributed by atoms with van der Waals surface area (Å²) in [7, 11) is 0. The average Bonchev–Trinajstić information content (AvgIpc) is 3.27. The highest BCUT2D eigenvalue weighted by atomic mass is 32.1. The zero-order valence-corrected chi connectivity index (χ0v) is 22.0. The van der Waals surface area contributed by atoms with E-state index < -0.39 is 23.9 Å². The number of fused-ring (bicyclic) bond motifs is 3. The van der Waals surface area contributed by atoms with Crippen molar-refractivity contribution in [2.45, 2.75) is 20.4 Å². The summed E-state index contributed by atoms with van der Waals surface area (Å²) in [5.41, 5.74) is 1.42. The van der Waals surface area contributed by atoms with Gasteiger partial charge in [0.05, 0.1) is 0 Å². The van der Waals surface area contributed by atoms with Gasteiger partial charge in [-0.3, -0.25) is 0 Å². The third kappa shape index (κ3) is 12.3. The number of carboxylic acid groups (broad SMARTS) is 4. The Balaban J connectivity index is 0.000000374. The lowest BCUT2D eigenvalue weighted by atomic mass is 10.1. The lowest BCUT2D eigenvalue weighted by Crippen LogP contribution is -2.31. The van der Waals surface area contributed by atoms with Crippen molar-refractivity contribution < 1.29 is 39.6 Å². The highest BCUT2D eigenvalue weighted by Crippen LogP contribution is 2.35. The first kappa shape index (κ1) is 32.0. The quantitative estimate of drug-likeness (QED) is 0.177. The number of likely N-dealkylation sites (N-methyl/N-ethyl adjacent to an activating group) is 1. The molecule has 5 N–H and O–H groups in total. The van der Waals surface area contributed by atoms with Gasteiger partial charge >= 0.3 is 23.9 Å². The molecule has 3 rings (SSSR count). The van der Waals surface area contributed by atoms with E-state index in [1.165, 1.54) is 25.7 Å². The molecule has 0 fully saturated rings. The highest BCUT2D eigenvalue weighted by molar-refractivity contribution is 7.26. The zero-order valence-electron chi connectivity index (χ0n) is 21.2. The molecule has 1 aromatic heterocycles. The second-order valence-electron chi connectivity index (χ2n) is 7.62. The number of thiophene rings is 1. The van der Waals surface area contributed by atoms with Crippen LogP contribution in [0, 0.1) is 0 Å². The molecule has 204 valence electrons. The Kier molecular flexibility index (Phi) is 14.6. The van der Waals surface area contributed by atoms with Crippen molar-refractivity contribution in [3.8, 4) is 0 Å². The van der Waals surface area contributed by atoms with E-state index in [9.17, 15) is 19.2 Å². The van der Waals surface area contributed by atoms with Crippen LogP contribution < -0.4 is 5.32 Å². The standard InChI is InChI=1S/C19H24N2S.2C4H4O4/c1-3-21(4-2)13-12-20-14-15-8-7-10-17-16-9-5-6-11-18(16)22-19(15)17;2*5-3(6)1-2-4(7)8/h5-11,20H,3-4,12-14H2,1-2H3;2*1-2H,(H,5,6)(H,7,8)/b;2*2-1+. The minimum Gasteiger partial charge on any atom is -0.478 e. The first-order valence-corrected chi connectivity index (χ1v) is 12.5. The van der Waals surface area contributed by atoms with Crippen LogP contribution in [0.25, 0.3) is 20.2 Å². The molecule has 0 saturated carbocycles. The summed E-state index contributed by atoms with van der Waals surface area (Å²) in [4.78, 5) is 40.7. The van der Waals surface area contributed by atoms with Gasteiger partial charge in [-0.15, -0.1) is 11.3 Å². The monoisotopic (exact) mass is 544 g/mol. The molecule has 0 spiro atoms. The van der Waals surface area contributed by atoms with Gasteiger partial charge in [0.1, 0.15) is 0 Å². The number of nitrogens with one attached hydrogen (secondary N) is 1. The van der Waals surface area contributed by atoms with Crippen molar-refractivity contribution >= 4 is 55.4 Å². The number of hydrogen-bond donors (Lipinski definition) is 5. The number of benzene rings is 2. The molecule has 0 aliphatic rings. The summed E-state index contributed by atoms with van der Waals surface area (Å²) in [5, 5.41) is 37.6. The van der Waals surface area contributed by atoms with Crippen LogP contribution in [0.1, 0.15) is 19.4 Å². The van der Waals surface area contributed by atoms with Crippen molar-refractivity contribution in [1.82, 2.24) is 10.2 Å². The van der Waals surface area contributed by atoms with E-state index in [1.807, 2.05) is 11.3 Å². The topological polar surface area (TPSA) is 164 Å². The Morgan fingerprint density at radius 2 is 1.26 bits per heavy atom. The van der Waals surface area contributed by atoms with Gasteiger partial charge in [-0.1, -0.05) is 50.2 Å². The molecule has 0 saturated heterocycles. The molecule has 0 atom stereocenters. The Bertz CT molecular complexity index is 1210. The molecule has 3 aromatic rings. The largest absolute Gasteiger partial charge is 0.478 e. The number of hydrogen-bond acceptors (Lipinski definition) is 7. The van der Waals surface area contributed by atoms with Gasteiger partial charge in [-0.25, -0.2) is 19.2 Å². The number of rotatable bonds is 11. The summed E-state index contributed by atoms with van der Waals surface area (Å²) in [6.45, 7) is 9.82. The number of carbonyl (C=O) groups is 4. The lowest BCUT2D eigenvalue weighted by molar-refractivity contribution is -0.134. The van der Waals surface area contributed by atoms with Crippen molar-refractivity contribution in [1.29, 1.82) is 0 Å².